The molecule has 6 heteroatoms. The SMILES string of the molecule is COc1cc(/C=C(\C#N)c2nc(-c3ccc(C)cc3)no2)ccc1O. The third-order valence-corrected chi connectivity index (χ3v) is 3.60. The molecule has 3 rings (SSSR count). The zero-order valence-corrected chi connectivity index (χ0v) is 13.7. The van der Waals surface area contributed by atoms with E-state index in [9.17, 15) is 10.4 Å². The van der Waals surface area contributed by atoms with Crippen molar-refractivity contribution in [2.24, 2.45) is 0 Å². The van der Waals surface area contributed by atoms with Gasteiger partial charge in [-0.3, -0.25) is 0 Å². The summed E-state index contributed by atoms with van der Waals surface area (Å²) in [4.78, 5) is 4.29. The molecule has 1 aromatic heterocycles. The van der Waals surface area contributed by atoms with Crippen molar-refractivity contribution in [3.05, 3.63) is 59.5 Å². The quantitative estimate of drug-likeness (QED) is 0.730. The molecule has 0 saturated carbocycles. The maximum atomic E-state index is 9.64. The molecular formula is C19H15N3O3. The summed E-state index contributed by atoms with van der Waals surface area (Å²) < 4.78 is 10.3. The van der Waals surface area contributed by atoms with Gasteiger partial charge in [0, 0.05) is 5.56 Å². The first kappa shape index (κ1) is 16.3. The van der Waals surface area contributed by atoms with Crippen molar-refractivity contribution in [3.8, 4) is 29.0 Å². The van der Waals surface area contributed by atoms with Gasteiger partial charge in [0.2, 0.25) is 5.82 Å². The maximum Gasteiger partial charge on any atom is 0.268 e. The van der Waals surface area contributed by atoms with Gasteiger partial charge in [-0.15, -0.1) is 0 Å². The Balaban J connectivity index is 1.94. The molecule has 0 bridgehead atoms. The van der Waals surface area contributed by atoms with Crippen molar-refractivity contribution >= 4 is 11.6 Å². The van der Waals surface area contributed by atoms with Crippen molar-refractivity contribution in [3.63, 3.8) is 0 Å². The number of hydrogen-bond donors (Lipinski definition) is 1. The first-order chi connectivity index (χ1) is 12.1. The van der Waals surface area contributed by atoms with Crippen LogP contribution in [0.2, 0.25) is 0 Å². The summed E-state index contributed by atoms with van der Waals surface area (Å²) >= 11 is 0. The van der Waals surface area contributed by atoms with Crippen LogP contribution in [0.1, 0.15) is 17.0 Å². The number of nitrogens with zero attached hydrogens (tertiary/aromatic N) is 3. The molecule has 3 aromatic rings. The number of methoxy groups -OCH3 is 1. The van der Waals surface area contributed by atoms with Crippen molar-refractivity contribution in [1.29, 1.82) is 5.26 Å². The molecule has 0 spiro atoms. The molecule has 0 saturated heterocycles. The lowest BCUT2D eigenvalue weighted by Gasteiger charge is -2.03. The molecule has 0 fully saturated rings. The Morgan fingerprint density at radius 1 is 1.24 bits per heavy atom. The zero-order valence-electron chi connectivity index (χ0n) is 13.7. The minimum Gasteiger partial charge on any atom is -0.504 e. The third-order valence-electron chi connectivity index (χ3n) is 3.60. The second-order valence-electron chi connectivity index (χ2n) is 5.39. The highest BCUT2D eigenvalue weighted by Gasteiger charge is 2.13. The molecule has 1 N–H and O–H groups in total. The Morgan fingerprint density at radius 3 is 2.68 bits per heavy atom. The Labute approximate surface area is 144 Å². The van der Waals surface area contributed by atoms with Crippen LogP contribution >= 0.6 is 0 Å². The standard InChI is InChI=1S/C19H15N3O3/c1-12-3-6-14(7-4-12)18-21-19(25-22-18)15(11-20)9-13-5-8-16(23)17(10-13)24-2/h3-10,23H,1-2H3/b15-9+. The van der Waals surface area contributed by atoms with E-state index in [2.05, 4.69) is 16.2 Å². The molecule has 0 radical (unpaired) electrons. The molecule has 0 aliphatic rings. The number of phenols is 1. The summed E-state index contributed by atoms with van der Waals surface area (Å²) in [5.74, 6) is 0.888. The highest BCUT2D eigenvalue weighted by atomic mass is 16.5. The number of aryl methyl sites for hydroxylation is 1. The third kappa shape index (κ3) is 3.51. The molecule has 6 nitrogen and oxygen atoms in total. The molecule has 0 aliphatic carbocycles. The summed E-state index contributed by atoms with van der Waals surface area (Å²) in [7, 11) is 1.46. The van der Waals surface area contributed by atoms with Gasteiger partial charge in [0.15, 0.2) is 11.5 Å². The first-order valence-corrected chi connectivity index (χ1v) is 7.50. The second-order valence-corrected chi connectivity index (χ2v) is 5.39. The van der Waals surface area contributed by atoms with Gasteiger partial charge >= 0.3 is 0 Å². The van der Waals surface area contributed by atoms with Crippen LogP contribution in [0.25, 0.3) is 23.0 Å². The summed E-state index contributed by atoms with van der Waals surface area (Å²) in [6.45, 7) is 1.99. The summed E-state index contributed by atoms with van der Waals surface area (Å²) in [5, 5.41) is 23.0. The number of aromatic nitrogens is 2. The normalized spacial score (nSPS) is 11.2. The lowest BCUT2D eigenvalue weighted by atomic mass is 10.1. The number of nitriles is 1. The average molecular weight is 333 g/mol. The van der Waals surface area contributed by atoms with Gasteiger partial charge in [-0.25, -0.2) is 0 Å². The second kappa shape index (κ2) is 6.89. The van der Waals surface area contributed by atoms with Crippen molar-refractivity contribution in [1.82, 2.24) is 10.1 Å². The van der Waals surface area contributed by atoms with Crippen LogP contribution in [0.4, 0.5) is 0 Å². The van der Waals surface area contributed by atoms with E-state index in [1.54, 1.807) is 18.2 Å². The van der Waals surface area contributed by atoms with Gasteiger partial charge in [-0.2, -0.15) is 10.2 Å². The highest BCUT2D eigenvalue weighted by molar-refractivity contribution is 5.87. The molecule has 124 valence electrons. The van der Waals surface area contributed by atoms with Crippen molar-refractivity contribution in [2.45, 2.75) is 6.92 Å². The van der Waals surface area contributed by atoms with E-state index in [-0.39, 0.29) is 17.2 Å². The minimum absolute atomic E-state index is 0.0256. The van der Waals surface area contributed by atoms with Crippen LogP contribution in [-0.2, 0) is 0 Å². The van der Waals surface area contributed by atoms with Crippen molar-refractivity contribution < 1.29 is 14.4 Å². The molecule has 0 atom stereocenters. The molecule has 2 aromatic carbocycles. The van der Waals surface area contributed by atoms with Gasteiger partial charge in [-0.05, 0) is 30.7 Å². The average Bonchev–Trinajstić information content (AvgIpc) is 3.11. The monoisotopic (exact) mass is 333 g/mol. The lowest BCUT2D eigenvalue weighted by Crippen LogP contribution is -1.86. The predicted molar refractivity (Wildman–Crippen MR) is 92.6 cm³/mol. The van der Waals surface area contributed by atoms with Crippen LogP contribution in [0.5, 0.6) is 11.5 Å². The molecule has 0 unspecified atom stereocenters. The van der Waals surface area contributed by atoms with E-state index in [0.717, 1.165) is 11.1 Å². The van der Waals surface area contributed by atoms with Gasteiger partial charge < -0.3 is 14.4 Å². The van der Waals surface area contributed by atoms with Gasteiger partial charge in [0.25, 0.3) is 5.89 Å². The highest BCUT2D eigenvalue weighted by Crippen LogP contribution is 2.28. The van der Waals surface area contributed by atoms with E-state index in [1.807, 2.05) is 31.2 Å². The van der Waals surface area contributed by atoms with E-state index in [1.165, 1.54) is 13.2 Å². The number of ether oxygens (including phenoxy) is 1. The molecular weight excluding hydrogens is 318 g/mol. The summed E-state index contributed by atoms with van der Waals surface area (Å²) in [6.07, 6.45) is 1.59. The van der Waals surface area contributed by atoms with E-state index in [0.29, 0.717) is 17.1 Å². The predicted octanol–water partition coefficient (Wildman–Crippen LogP) is 3.82. The molecule has 25 heavy (non-hydrogen) atoms. The number of allylic oxidation sites excluding steroid dienone is 1. The number of hydrogen-bond acceptors (Lipinski definition) is 6. The Bertz CT molecular complexity index is 966. The smallest absolute Gasteiger partial charge is 0.268 e. The Hall–Kier alpha value is -3.59. The molecule has 1 heterocycles. The van der Waals surface area contributed by atoms with Crippen LogP contribution in [0.15, 0.2) is 47.0 Å². The van der Waals surface area contributed by atoms with E-state index in [4.69, 9.17) is 9.26 Å². The fourth-order valence-corrected chi connectivity index (χ4v) is 2.25. The fraction of sp³-hybridized carbons (Fsp3) is 0.105. The van der Waals surface area contributed by atoms with E-state index >= 15 is 0 Å². The van der Waals surface area contributed by atoms with Crippen LogP contribution in [0.3, 0.4) is 0 Å². The van der Waals surface area contributed by atoms with Gasteiger partial charge in [-0.1, -0.05) is 41.1 Å². The van der Waals surface area contributed by atoms with Crippen molar-refractivity contribution in [2.75, 3.05) is 7.11 Å². The van der Waals surface area contributed by atoms with Gasteiger partial charge in [0.05, 0.1) is 7.11 Å². The van der Waals surface area contributed by atoms with Gasteiger partial charge in [0.1, 0.15) is 11.6 Å². The summed E-state index contributed by atoms with van der Waals surface area (Å²) in [5.41, 5.74) is 2.83. The maximum absolute atomic E-state index is 9.64. The van der Waals surface area contributed by atoms with Crippen LogP contribution < -0.4 is 4.74 Å². The lowest BCUT2D eigenvalue weighted by molar-refractivity contribution is 0.373. The number of aromatic hydroxyl groups is 1. The van der Waals surface area contributed by atoms with Crippen LogP contribution in [-0.4, -0.2) is 22.4 Å². The zero-order chi connectivity index (χ0) is 17.8. The minimum atomic E-state index is 0.0256. The van der Waals surface area contributed by atoms with E-state index < -0.39 is 0 Å². The fourth-order valence-electron chi connectivity index (χ4n) is 2.25. The van der Waals surface area contributed by atoms with Crippen LogP contribution in [0, 0.1) is 18.3 Å². The Kier molecular flexibility index (Phi) is 4.48. The largest absolute Gasteiger partial charge is 0.504 e. The summed E-state index contributed by atoms with van der Waals surface area (Å²) in [6, 6.07) is 14.5. The number of phenolic OH excluding ortho intramolecular Hbond substituents is 1. The Morgan fingerprint density at radius 2 is 2.00 bits per heavy atom. The number of benzene rings is 2. The molecule has 0 amide bonds. The number of rotatable bonds is 4. The topological polar surface area (TPSA) is 92.2 Å². The first-order valence-electron chi connectivity index (χ1n) is 7.50. The molecule has 0 aliphatic heterocycles.